The highest BCUT2D eigenvalue weighted by molar-refractivity contribution is 4.88. The van der Waals surface area contributed by atoms with Gasteiger partial charge in [0.05, 0.1) is 0 Å². The molecule has 102 valence electrons. The van der Waals surface area contributed by atoms with Crippen molar-refractivity contribution >= 4 is 0 Å². The van der Waals surface area contributed by atoms with E-state index in [1.165, 1.54) is 7.05 Å². The highest BCUT2D eigenvalue weighted by Crippen LogP contribution is 2.10. The standard InChI is InChI=1S/C12H21N3O3/c1-11(2,3)14-8(16)13(7)9(17)15(10(14)18)12(4,5)6/h1-7H3. The summed E-state index contributed by atoms with van der Waals surface area (Å²) in [5.41, 5.74) is -3.08. The minimum atomic E-state index is -0.674. The van der Waals surface area contributed by atoms with Crippen molar-refractivity contribution < 1.29 is 0 Å². The van der Waals surface area contributed by atoms with Crippen LogP contribution in [0.5, 0.6) is 0 Å². The van der Waals surface area contributed by atoms with Crippen LogP contribution in [0.3, 0.4) is 0 Å². The van der Waals surface area contributed by atoms with E-state index in [2.05, 4.69) is 0 Å². The molecule has 0 N–H and O–H groups in total. The molecular weight excluding hydrogens is 234 g/mol. The summed E-state index contributed by atoms with van der Waals surface area (Å²) >= 11 is 0. The Morgan fingerprint density at radius 1 is 0.667 bits per heavy atom. The van der Waals surface area contributed by atoms with Crippen LogP contribution < -0.4 is 17.1 Å². The van der Waals surface area contributed by atoms with Gasteiger partial charge in [-0.2, -0.15) is 0 Å². The molecule has 1 aromatic rings. The van der Waals surface area contributed by atoms with E-state index in [-0.39, 0.29) is 0 Å². The van der Waals surface area contributed by atoms with Gasteiger partial charge in [0, 0.05) is 18.1 Å². The van der Waals surface area contributed by atoms with E-state index in [0.717, 1.165) is 13.7 Å². The van der Waals surface area contributed by atoms with Gasteiger partial charge in [-0.1, -0.05) is 0 Å². The van der Waals surface area contributed by atoms with E-state index in [0.29, 0.717) is 0 Å². The minimum Gasteiger partial charge on any atom is -0.248 e. The molecule has 0 atom stereocenters. The van der Waals surface area contributed by atoms with Crippen molar-refractivity contribution in [2.75, 3.05) is 0 Å². The number of aromatic nitrogens is 3. The largest absolute Gasteiger partial charge is 0.337 e. The smallest absolute Gasteiger partial charge is 0.248 e. The zero-order valence-corrected chi connectivity index (χ0v) is 12.1. The second-order valence-electron chi connectivity index (χ2n) is 6.42. The van der Waals surface area contributed by atoms with E-state index in [1.807, 2.05) is 0 Å². The van der Waals surface area contributed by atoms with Crippen molar-refractivity contribution in [2.24, 2.45) is 7.05 Å². The van der Waals surface area contributed by atoms with E-state index in [4.69, 9.17) is 0 Å². The molecule has 1 rings (SSSR count). The molecule has 0 aromatic carbocycles. The van der Waals surface area contributed by atoms with Crippen LogP contribution in [0.1, 0.15) is 41.5 Å². The number of hydrogen-bond acceptors (Lipinski definition) is 3. The molecule has 0 fully saturated rings. The van der Waals surface area contributed by atoms with Gasteiger partial charge >= 0.3 is 17.1 Å². The van der Waals surface area contributed by atoms with Gasteiger partial charge in [0.25, 0.3) is 0 Å². The van der Waals surface area contributed by atoms with Crippen molar-refractivity contribution in [3.8, 4) is 0 Å². The van der Waals surface area contributed by atoms with Crippen molar-refractivity contribution in [1.29, 1.82) is 0 Å². The molecular formula is C12H21N3O3. The summed E-state index contributed by atoms with van der Waals surface area (Å²) in [6.45, 7) is 10.5. The molecule has 0 bridgehead atoms. The Morgan fingerprint density at radius 2 is 0.944 bits per heavy atom. The second-order valence-corrected chi connectivity index (χ2v) is 6.42. The summed E-state index contributed by atoms with van der Waals surface area (Å²) in [7, 11) is 1.38. The predicted molar refractivity (Wildman–Crippen MR) is 70.2 cm³/mol. The van der Waals surface area contributed by atoms with Crippen LogP contribution in [-0.4, -0.2) is 13.7 Å². The normalized spacial score (nSPS) is 12.8. The third-order valence-corrected chi connectivity index (χ3v) is 2.68. The number of nitrogens with zero attached hydrogens (tertiary/aromatic N) is 3. The molecule has 0 aliphatic carbocycles. The van der Waals surface area contributed by atoms with Gasteiger partial charge in [0.15, 0.2) is 0 Å². The molecule has 18 heavy (non-hydrogen) atoms. The lowest BCUT2D eigenvalue weighted by molar-refractivity contribution is 0.279. The molecule has 6 heteroatoms. The first-order valence-corrected chi connectivity index (χ1v) is 5.85. The Morgan fingerprint density at radius 3 is 1.17 bits per heavy atom. The third kappa shape index (κ3) is 2.19. The lowest BCUT2D eigenvalue weighted by Gasteiger charge is -2.27. The van der Waals surface area contributed by atoms with Gasteiger partial charge in [-0.15, -0.1) is 0 Å². The van der Waals surface area contributed by atoms with Crippen LogP contribution in [0, 0.1) is 0 Å². The van der Waals surface area contributed by atoms with Crippen LogP contribution in [-0.2, 0) is 18.1 Å². The Kier molecular flexibility index (Phi) is 3.19. The highest BCUT2D eigenvalue weighted by atomic mass is 16.2. The zero-order chi connectivity index (χ0) is 14.5. The maximum atomic E-state index is 12.4. The van der Waals surface area contributed by atoms with E-state index in [1.54, 1.807) is 41.5 Å². The topological polar surface area (TPSA) is 66.0 Å². The molecule has 0 aliphatic rings. The van der Waals surface area contributed by atoms with Gasteiger partial charge in [-0.05, 0) is 41.5 Å². The average Bonchev–Trinajstić information content (AvgIpc) is 2.09. The summed E-state index contributed by atoms with van der Waals surface area (Å²) in [6.07, 6.45) is 0. The lowest BCUT2D eigenvalue weighted by atomic mass is 10.1. The Hall–Kier alpha value is -1.59. The number of hydrogen-bond donors (Lipinski definition) is 0. The fourth-order valence-electron chi connectivity index (χ4n) is 1.79. The fraction of sp³-hybridized carbons (Fsp3) is 0.750. The molecule has 0 aliphatic heterocycles. The molecule has 0 amide bonds. The molecule has 0 saturated heterocycles. The highest BCUT2D eigenvalue weighted by Gasteiger charge is 2.27. The summed E-state index contributed by atoms with van der Waals surface area (Å²) < 4.78 is 3.19. The monoisotopic (exact) mass is 255 g/mol. The van der Waals surface area contributed by atoms with Crippen molar-refractivity contribution in [3.05, 3.63) is 31.5 Å². The van der Waals surface area contributed by atoms with Crippen LogP contribution in [0.2, 0.25) is 0 Å². The molecule has 6 nitrogen and oxygen atoms in total. The zero-order valence-electron chi connectivity index (χ0n) is 12.1. The molecule has 1 aromatic heterocycles. The van der Waals surface area contributed by atoms with Crippen molar-refractivity contribution in [1.82, 2.24) is 13.7 Å². The van der Waals surface area contributed by atoms with Crippen LogP contribution in [0.4, 0.5) is 0 Å². The summed E-state index contributed by atoms with van der Waals surface area (Å²) in [5.74, 6) is 0. The molecule has 0 spiro atoms. The maximum Gasteiger partial charge on any atom is 0.337 e. The predicted octanol–water partition coefficient (Wildman–Crippen LogP) is 0.219. The summed E-state index contributed by atoms with van der Waals surface area (Å²) in [6, 6.07) is 0. The van der Waals surface area contributed by atoms with Gasteiger partial charge < -0.3 is 0 Å². The molecule has 1 heterocycles. The number of rotatable bonds is 0. The van der Waals surface area contributed by atoms with Crippen molar-refractivity contribution in [2.45, 2.75) is 52.6 Å². The fourth-order valence-corrected chi connectivity index (χ4v) is 1.79. The van der Waals surface area contributed by atoms with E-state index < -0.39 is 28.1 Å². The first kappa shape index (κ1) is 14.5. The van der Waals surface area contributed by atoms with Crippen molar-refractivity contribution in [3.63, 3.8) is 0 Å². The Bertz CT molecular complexity index is 581. The second kappa shape index (κ2) is 3.96. The molecule has 0 saturated carbocycles. The third-order valence-electron chi connectivity index (χ3n) is 2.68. The summed E-state index contributed by atoms with van der Waals surface area (Å²) in [5, 5.41) is 0. The van der Waals surface area contributed by atoms with Crippen LogP contribution >= 0.6 is 0 Å². The first-order valence-electron chi connectivity index (χ1n) is 5.85. The lowest BCUT2D eigenvalue weighted by Crippen LogP contribution is -2.60. The first-order chi connectivity index (χ1) is 7.89. The Labute approximate surface area is 105 Å². The minimum absolute atomic E-state index is 0.567. The van der Waals surface area contributed by atoms with E-state index in [9.17, 15) is 14.4 Å². The van der Waals surface area contributed by atoms with Gasteiger partial charge in [0.2, 0.25) is 0 Å². The summed E-state index contributed by atoms with van der Waals surface area (Å²) in [4.78, 5) is 36.5. The maximum absolute atomic E-state index is 12.4. The quantitative estimate of drug-likeness (QED) is 0.666. The SMILES string of the molecule is Cn1c(=O)n(C(C)(C)C)c(=O)n(C(C)(C)C)c1=O. The average molecular weight is 255 g/mol. The molecule has 0 unspecified atom stereocenters. The van der Waals surface area contributed by atoms with Gasteiger partial charge in [-0.3, -0.25) is 0 Å². The van der Waals surface area contributed by atoms with Crippen LogP contribution in [0.15, 0.2) is 14.4 Å². The van der Waals surface area contributed by atoms with E-state index >= 15 is 0 Å². The van der Waals surface area contributed by atoms with Crippen LogP contribution in [0.25, 0.3) is 0 Å². The molecule has 0 radical (unpaired) electrons. The van der Waals surface area contributed by atoms with Gasteiger partial charge in [0.1, 0.15) is 0 Å². The van der Waals surface area contributed by atoms with Gasteiger partial charge in [-0.25, -0.2) is 28.1 Å². The Balaban J connectivity index is 4.04.